The van der Waals surface area contributed by atoms with E-state index < -0.39 is 0 Å². The van der Waals surface area contributed by atoms with Crippen LogP contribution in [0.3, 0.4) is 0 Å². The molecule has 5 nitrogen and oxygen atoms in total. The second-order valence-electron chi connectivity index (χ2n) is 4.91. The van der Waals surface area contributed by atoms with Crippen LogP contribution in [0.15, 0.2) is 30.3 Å². The molecule has 0 bridgehead atoms. The maximum absolute atomic E-state index is 12.2. The summed E-state index contributed by atoms with van der Waals surface area (Å²) in [6.07, 6.45) is 1.94. The quantitative estimate of drug-likeness (QED) is 0.863. The van der Waals surface area contributed by atoms with Gasteiger partial charge in [0.1, 0.15) is 5.75 Å². The predicted octanol–water partition coefficient (Wildman–Crippen LogP) is 1.89. The van der Waals surface area contributed by atoms with Crippen molar-refractivity contribution < 1.29 is 14.3 Å². The molecule has 0 aromatic heterocycles. The zero-order valence-electron chi connectivity index (χ0n) is 11.9. The summed E-state index contributed by atoms with van der Waals surface area (Å²) >= 11 is 0. The van der Waals surface area contributed by atoms with Crippen molar-refractivity contribution in [2.45, 2.75) is 18.9 Å². The van der Waals surface area contributed by atoms with Crippen LogP contribution in [0.2, 0.25) is 0 Å². The highest BCUT2D eigenvalue weighted by Gasteiger charge is 2.22. The number of para-hydroxylation sites is 1. The molecule has 2 rings (SSSR count). The molecular formula is C15H22N2O3. The van der Waals surface area contributed by atoms with Gasteiger partial charge in [-0.05, 0) is 31.5 Å². The molecule has 20 heavy (non-hydrogen) atoms. The number of benzene rings is 1. The average Bonchev–Trinajstić information content (AvgIpc) is 2.97. The minimum Gasteiger partial charge on any atom is -0.410 e. The summed E-state index contributed by atoms with van der Waals surface area (Å²) in [6, 6.07) is 9.50. The standard InChI is InChI=1S/C15H22N2O3/c1-19-11-10-17(12-13-6-5-9-16-13)15(18)20-14-7-3-2-4-8-14/h2-4,7-8,13,16H,5-6,9-12H2,1H3. The number of ether oxygens (including phenoxy) is 2. The number of nitrogens with zero attached hydrogens (tertiary/aromatic N) is 1. The minimum atomic E-state index is -0.318. The number of amides is 1. The van der Waals surface area contributed by atoms with Gasteiger partial charge in [0.15, 0.2) is 0 Å². The second kappa shape index (κ2) is 7.87. The van der Waals surface area contributed by atoms with Crippen LogP contribution in [0, 0.1) is 0 Å². The van der Waals surface area contributed by atoms with Crippen molar-refractivity contribution in [3.05, 3.63) is 30.3 Å². The Morgan fingerprint density at radius 3 is 2.85 bits per heavy atom. The summed E-state index contributed by atoms with van der Waals surface area (Å²) in [7, 11) is 1.63. The monoisotopic (exact) mass is 278 g/mol. The van der Waals surface area contributed by atoms with Crippen LogP contribution < -0.4 is 10.1 Å². The van der Waals surface area contributed by atoms with Crippen molar-refractivity contribution in [2.24, 2.45) is 0 Å². The van der Waals surface area contributed by atoms with Crippen LogP contribution in [0.1, 0.15) is 12.8 Å². The highest BCUT2D eigenvalue weighted by molar-refractivity contribution is 5.70. The molecule has 1 heterocycles. The third kappa shape index (κ3) is 4.51. The van der Waals surface area contributed by atoms with E-state index in [0.29, 0.717) is 31.5 Å². The maximum Gasteiger partial charge on any atom is 0.415 e. The molecule has 0 spiro atoms. The Balaban J connectivity index is 1.91. The van der Waals surface area contributed by atoms with Crippen LogP contribution in [-0.4, -0.2) is 50.4 Å². The molecule has 1 aliphatic rings. The van der Waals surface area contributed by atoms with E-state index in [1.165, 1.54) is 0 Å². The highest BCUT2D eigenvalue weighted by Crippen LogP contribution is 2.12. The lowest BCUT2D eigenvalue weighted by Crippen LogP contribution is -2.43. The first-order valence-corrected chi connectivity index (χ1v) is 7.03. The molecule has 1 saturated heterocycles. The fraction of sp³-hybridized carbons (Fsp3) is 0.533. The van der Waals surface area contributed by atoms with E-state index in [-0.39, 0.29) is 6.09 Å². The number of rotatable bonds is 6. The molecule has 1 N–H and O–H groups in total. The zero-order valence-corrected chi connectivity index (χ0v) is 11.9. The summed E-state index contributed by atoms with van der Waals surface area (Å²) in [6.45, 7) is 2.74. The predicted molar refractivity (Wildman–Crippen MR) is 76.9 cm³/mol. The molecule has 1 aliphatic heterocycles. The van der Waals surface area contributed by atoms with E-state index >= 15 is 0 Å². The lowest BCUT2D eigenvalue weighted by Gasteiger charge is -2.24. The van der Waals surface area contributed by atoms with Crippen molar-refractivity contribution in [3.63, 3.8) is 0 Å². The molecule has 0 aliphatic carbocycles. The van der Waals surface area contributed by atoms with Gasteiger partial charge in [-0.15, -0.1) is 0 Å². The number of hydrogen-bond donors (Lipinski definition) is 1. The smallest absolute Gasteiger partial charge is 0.410 e. The van der Waals surface area contributed by atoms with E-state index in [1.807, 2.05) is 18.2 Å². The molecule has 1 aromatic carbocycles. The van der Waals surface area contributed by atoms with Crippen LogP contribution in [0.25, 0.3) is 0 Å². The Hall–Kier alpha value is -1.59. The maximum atomic E-state index is 12.2. The lowest BCUT2D eigenvalue weighted by atomic mass is 10.2. The molecule has 1 amide bonds. The number of hydrogen-bond acceptors (Lipinski definition) is 4. The van der Waals surface area contributed by atoms with Crippen LogP contribution >= 0.6 is 0 Å². The van der Waals surface area contributed by atoms with Gasteiger partial charge in [0.25, 0.3) is 0 Å². The molecule has 0 saturated carbocycles. The zero-order chi connectivity index (χ0) is 14.2. The fourth-order valence-electron chi connectivity index (χ4n) is 2.29. The van der Waals surface area contributed by atoms with Gasteiger partial charge >= 0.3 is 6.09 Å². The van der Waals surface area contributed by atoms with E-state index in [2.05, 4.69) is 5.32 Å². The largest absolute Gasteiger partial charge is 0.415 e. The number of carbonyl (C=O) groups excluding carboxylic acids is 1. The first kappa shape index (κ1) is 14.8. The third-order valence-corrected chi connectivity index (χ3v) is 3.38. The molecule has 110 valence electrons. The number of methoxy groups -OCH3 is 1. The molecule has 1 fully saturated rings. The van der Waals surface area contributed by atoms with Crippen molar-refractivity contribution in [3.8, 4) is 5.75 Å². The van der Waals surface area contributed by atoms with Gasteiger partial charge in [-0.2, -0.15) is 0 Å². The van der Waals surface area contributed by atoms with Gasteiger partial charge in [0, 0.05) is 26.2 Å². The van der Waals surface area contributed by atoms with Crippen LogP contribution in [0.5, 0.6) is 5.75 Å². The Morgan fingerprint density at radius 1 is 1.40 bits per heavy atom. The van der Waals surface area contributed by atoms with Crippen LogP contribution in [-0.2, 0) is 4.74 Å². The van der Waals surface area contributed by atoms with E-state index in [9.17, 15) is 4.79 Å². The third-order valence-electron chi connectivity index (χ3n) is 3.38. The topological polar surface area (TPSA) is 50.8 Å². The normalized spacial score (nSPS) is 17.9. The Labute approximate surface area is 119 Å². The lowest BCUT2D eigenvalue weighted by molar-refractivity contribution is 0.119. The van der Waals surface area contributed by atoms with Gasteiger partial charge in [0.05, 0.1) is 6.61 Å². The summed E-state index contributed by atoms with van der Waals surface area (Å²) in [5.41, 5.74) is 0. The van der Waals surface area contributed by atoms with Crippen LogP contribution in [0.4, 0.5) is 4.79 Å². The van der Waals surface area contributed by atoms with Crippen molar-refractivity contribution in [2.75, 3.05) is 33.4 Å². The van der Waals surface area contributed by atoms with E-state index in [0.717, 1.165) is 19.4 Å². The van der Waals surface area contributed by atoms with Crippen molar-refractivity contribution in [1.29, 1.82) is 0 Å². The van der Waals surface area contributed by atoms with E-state index in [1.54, 1.807) is 24.1 Å². The summed E-state index contributed by atoms with van der Waals surface area (Å²) in [5, 5.41) is 3.39. The Bertz CT molecular complexity index is 405. The minimum absolute atomic E-state index is 0.318. The van der Waals surface area contributed by atoms with Gasteiger partial charge in [-0.1, -0.05) is 18.2 Å². The average molecular weight is 278 g/mol. The summed E-state index contributed by atoms with van der Waals surface area (Å²) < 4.78 is 10.5. The summed E-state index contributed by atoms with van der Waals surface area (Å²) in [5.74, 6) is 0.569. The fourth-order valence-corrected chi connectivity index (χ4v) is 2.29. The highest BCUT2D eigenvalue weighted by atomic mass is 16.6. The van der Waals surface area contributed by atoms with Crippen molar-refractivity contribution in [1.82, 2.24) is 10.2 Å². The first-order valence-electron chi connectivity index (χ1n) is 7.03. The van der Waals surface area contributed by atoms with Gasteiger partial charge in [-0.3, -0.25) is 0 Å². The Morgan fingerprint density at radius 2 is 2.20 bits per heavy atom. The van der Waals surface area contributed by atoms with Gasteiger partial charge < -0.3 is 19.7 Å². The van der Waals surface area contributed by atoms with Crippen molar-refractivity contribution >= 4 is 6.09 Å². The number of nitrogens with one attached hydrogen (secondary N) is 1. The molecule has 5 heteroatoms. The Kier molecular flexibility index (Phi) is 5.83. The van der Waals surface area contributed by atoms with Gasteiger partial charge in [0.2, 0.25) is 0 Å². The summed E-state index contributed by atoms with van der Waals surface area (Å²) in [4.78, 5) is 13.9. The second-order valence-corrected chi connectivity index (χ2v) is 4.91. The SMILES string of the molecule is COCCN(CC1CCCN1)C(=O)Oc1ccccc1. The molecule has 1 unspecified atom stereocenters. The molecule has 0 radical (unpaired) electrons. The van der Waals surface area contributed by atoms with Gasteiger partial charge in [-0.25, -0.2) is 4.79 Å². The molecule has 1 atom stereocenters. The van der Waals surface area contributed by atoms with E-state index in [4.69, 9.17) is 9.47 Å². The first-order chi connectivity index (χ1) is 9.79. The molecule has 1 aromatic rings. The number of carbonyl (C=O) groups is 1. The molecular weight excluding hydrogens is 256 g/mol.